The zero-order chi connectivity index (χ0) is 10.6. The van der Waals surface area contributed by atoms with Crippen LogP contribution >= 0.6 is 22.6 Å². The third kappa shape index (κ3) is 2.70. The number of aldehydes is 1. The minimum absolute atomic E-state index is 0.0980. The third-order valence-electron chi connectivity index (χ3n) is 2.10. The highest BCUT2D eigenvalue weighted by Gasteiger charge is 2.06. The first kappa shape index (κ1) is 11.5. The molecule has 76 valence electrons. The number of hydrogen-bond donors (Lipinski definition) is 1. The Kier molecular flexibility index (Phi) is 4.38. The predicted molar refractivity (Wildman–Crippen MR) is 64.8 cm³/mol. The smallest absolute Gasteiger partial charge is 0.153 e. The van der Waals surface area contributed by atoms with Crippen molar-refractivity contribution in [2.24, 2.45) is 0 Å². The van der Waals surface area contributed by atoms with Gasteiger partial charge in [-0.15, -0.1) is 0 Å². The van der Waals surface area contributed by atoms with Crippen LogP contribution in [0.4, 0.5) is 0 Å². The molecule has 0 saturated heterocycles. The van der Waals surface area contributed by atoms with Gasteiger partial charge in [-0.05, 0) is 53.1 Å². The maximum absolute atomic E-state index is 10.6. The number of benzene rings is 1. The van der Waals surface area contributed by atoms with Crippen LogP contribution in [0.25, 0.3) is 0 Å². The maximum Gasteiger partial charge on any atom is 0.153 e. The number of carbonyl (C=O) groups is 1. The number of aryl methyl sites for hydroxylation is 1. The Morgan fingerprint density at radius 3 is 2.79 bits per heavy atom. The third-order valence-corrected chi connectivity index (χ3v) is 2.92. The molecule has 14 heavy (non-hydrogen) atoms. The number of phenolic OH excluding ortho intramolecular Hbond substituents is 1. The Hall–Kier alpha value is -0.580. The first-order valence-corrected chi connectivity index (χ1v) is 5.73. The molecule has 0 aliphatic carbocycles. The van der Waals surface area contributed by atoms with Gasteiger partial charge >= 0.3 is 0 Å². The lowest BCUT2D eigenvalue weighted by atomic mass is 10.1. The van der Waals surface area contributed by atoms with E-state index < -0.39 is 0 Å². The van der Waals surface area contributed by atoms with E-state index in [1.165, 1.54) is 0 Å². The topological polar surface area (TPSA) is 37.3 Å². The lowest BCUT2D eigenvalue weighted by Crippen LogP contribution is -1.91. The average Bonchev–Trinajstić information content (AvgIpc) is 2.19. The normalized spacial score (nSPS) is 10.1. The van der Waals surface area contributed by atoms with E-state index in [1.807, 2.05) is 28.7 Å². The molecule has 0 amide bonds. The zero-order valence-corrected chi connectivity index (χ0v) is 10.2. The molecule has 1 aromatic rings. The minimum Gasteiger partial charge on any atom is -0.506 e. The SMILES string of the molecule is CCCCc1cc(I)c(O)c(C=O)c1. The standard InChI is InChI=1S/C11H13IO2/c1-2-3-4-8-5-9(7-13)11(14)10(12)6-8/h5-7,14H,2-4H2,1H3. The van der Waals surface area contributed by atoms with E-state index >= 15 is 0 Å². The Labute approximate surface area is 97.5 Å². The second-order valence-electron chi connectivity index (χ2n) is 3.24. The quantitative estimate of drug-likeness (QED) is 0.685. The van der Waals surface area contributed by atoms with Crippen LogP contribution in [-0.2, 0) is 6.42 Å². The Bertz CT molecular complexity index is 334. The molecule has 0 unspecified atom stereocenters. The Morgan fingerprint density at radius 1 is 1.50 bits per heavy atom. The molecule has 0 radical (unpaired) electrons. The van der Waals surface area contributed by atoms with Gasteiger partial charge in [-0.3, -0.25) is 4.79 Å². The van der Waals surface area contributed by atoms with E-state index in [0.717, 1.165) is 28.4 Å². The number of hydrogen-bond acceptors (Lipinski definition) is 2. The van der Waals surface area contributed by atoms with Gasteiger partial charge in [-0.25, -0.2) is 0 Å². The van der Waals surface area contributed by atoms with Gasteiger partial charge in [0, 0.05) is 0 Å². The number of aromatic hydroxyl groups is 1. The number of phenols is 1. The monoisotopic (exact) mass is 304 g/mol. The summed E-state index contributed by atoms with van der Waals surface area (Å²) in [6.07, 6.45) is 3.91. The fourth-order valence-corrected chi connectivity index (χ4v) is 2.01. The lowest BCUT2D eigenvalue weighted by Gasteiger charge is -2.05. The fraction of sp³-hybridized carbons (Fsp3) is 0.364. The first-order chi connectivity index (χ1) is 6.69. The molecule has 0 saturated carbocycles. The number of rotatable bonds is 4. The van der Waals surface area contributed by atoms with E-state index in [9.17, 15) is 9.90 Å². The zero-order valence-electron chi connectivity index (χ0n) is 8.09. The maximum atomic E-state index is 10.6. The van der Waals surface area contributed by atoms with Gasteiger partial charge < -0.3 is 5.11 Å². The van der Waals surface area contributed by atoms with Crippen molar-refractivity contribution in [3.05, 3.63) is 26.8 Å². The largest absolute Gasteiger partial charge is 0.506 e. The molecular formula is C11H13IO2. The Balaban J connectivity index is 2.97. The van der Waals surface area contributed by atoms with Crippen LogP contribution in [0.2, 0.25) is 0 Å². The molecule has 0 bridgehead atoms. The molecule has 0 heterocycles. The van der Waals surface area contributed by atoms with Crippen LogP contribution in [0.3, 0.4) is 0 Å². The van der Waals surface area contributed by atoms with Gasteiger partial charge in [0.25, 0.3) is 0 Å². The van der Waals surface area contributed by atoms with Crippen molar-refractivity contribution >= 4 is 28.9 Å². The molecular weight excluding hydrogens is 291 g/mol. The van der Waals surface area contributed by atoms with Crippen LogP contribution in [-0.4, -0.2) is 11.4 Å². The van der Waals surface area contributed by atoms with Crippen molar-refractivity contribution < 1.29 is 9.90 Å². The predicted octanol–water partition coefficient (Wildman–Crippen LogP) is 3.15. The number of unbranched alkanes of at least 4 members (excludes halogenated alkanes) is 1. The van der Waals surface area contributed by atoms with Gasteiger partial charge in [0.05, 0.1) is 9.13 Å². The molecule has 1 aromatic carbocycles. The van der Waals surface area contributed by atoms with Gasteiger partial charge in [-0.2, -0.15) is 0 Å². The van der Waals surface area contributed by atoms with E-state index in [0.29, 0.717) is 11.8 Å². The average molecular weight is 304 g/mol. The van der Waals surface area contributed by atoms with Gasteiger partial charge in [-0.1, -0.05) is 13.3 Å². The summed E-state index contributed by atoms with van der Waals surface area (Å²) in [5.41, 5.74) is 1.51. The molecule has 0 aliphatic heterocycles. The number of halogens is 1. The Morgan fingerprint density at radius 2 is 2.21 bits per heavy atom. The minimum atomic E-state index is 0.0980. The summed E-state index contributed by atoms with van der Waals surface area (Å²) >= 11 is 2.04. The van der Waals surface area contributed by atoms with Crippen LogP contribution in [0.5, 0.6) is 5.75 Å². The van der Waals surface area contributed by atoms with Crippen LogP contribution in [0, 0.1) is 3.57 Å². The lowest BCUT2D eigenvalue weighted by molar-refractivity contribution is 0.112. The van der Waals surface area contributed by atoms with Crippen molar-refractivity contribution in [3.8, 4) is 5.75 Å². The molecule has 0 aromatic heterocycles. The molecule has 0 atom stereocenters. The summed E-state index contributed by atoms with van der Waals surface area (Å²) in [4.78, 5) is 10.6. The van der Waals surface area contributed by atoms with E-state index in [2.05, 4.69) is 6.92 Å². The fourth-order valence-electron chi connectivity index (χ4n) is 1.29. The van der Waals surface area contributed by atoms with Crippen molar-refractivity contribution in [2.75, 3.05) is 0 Å². The molecule has 3 heteroatoms. The van der Waals surface area contributed by atoms with Gasteiger partial charge in [0.2, 0.25) is 0 Å². The van der Waals surface area contributed by atoms with E-state index in [4.69, 9.17) is 0 Å². The van der Waals surface area contributed by atoms with E-state index in [1.54, 1.807) is 6.07 Å². The van der Waals surface area contributed by atoms with Gasteiger partial charge in [0.1, 0.15) is 5.75 Å². The molecule has 1 N–H and O–H groups in total. The van der Waals surface area contributed by atoms with Crippen molar-refractivity contribution in [1.29, 1.82) is 0 Å². The summed E-state index contributed by atoms with van der Waals surface area (Å²) in [5.74, 6) is 0.0980. The van der Waals surface area contributed by atoms with E-state index in [-0.39, 0.29) is 5.75 Å². The summed E-state index contributed by atoms with van der Waals surface area (Å²) < 4.78 is 0.748. The highest BCUT2D eigenvalue weighted by Crippen LogP contribution is 2.25. The highest BCUT2D eigenvalue weighted by molar-refractivity contribution is 14.1. The summed E-state index contributed by atoms with van der Waals surface area (Å²) in [5, 5.41) is 9.51. The molecule has 0 fully saturated rings. The second-order valence-corrected chi connectivity index (χ2v) is 4.40. The summed E-state index contributed by atoms with van der Waals surface area (Å²) in [7, 11) is 0. The second kappa shape index (κ2) is 5.34. The van der Waals surface area contributed by atoms with Crippen LogP contribution in [0.15, 0.2) is 12.1 Å². The summed E-state index contributed by atoms with van der Waals surface area (Å²) in [6, 6.07) is 3.69. The summed E-state index contributed by atoms with van der Waals surface area (Å²) in [6.45, 7) is 2.13. The van der Waals surface area contributed by atoms with Crippen molar-refractivity contribution in [2.45, 2.75) is 26.2 Å². The molecule has 1 rings (SSSR count). The van der Waals surface area contributed by atoms with Crippen LogP contribution in [0.1, 0.15) is 35.7 Å². The van der Waals surface area contributed by atoms with Crippen molar-refractivity contribution in [1.82, 2.24) is 0 Å². The molecule has 0 aliphatic rings. The molecule has 0 spiro atoms. The highest BCUT2D eigenvalue weighted by atomic mass is 127. The number of carbonyl (C=O) groups excluding carboxylic acids is 1. The van der Waals surface area contributed by atoms with Crippen LogP contribution < -0.4 is 0 Å². The molecule has 2 nitrogen and oxygen atoms in total. The van der Waals surface area contributed by atoms with Gasteiger partial charge in [0.15, 0.2) is 6.29 Å². The first-order valence-electron chi connectivity index (χ1n) is 4.65. The van der Waals surface area contributed by atoms with Crippen molar-refractivity contribution in [3.63, 3.8) is 0 Å².